The van der Waals surface area contributed by atoms with Crippen LogP contribution in [0.4, 0.5) is 0 Å². The van der Waals surface area contributed by atoms with Crippen molar-refractivity contribution in [2.45, 2.75) is 20.4 Å². The number of carboxylic acids is 1. The molecule has 2 rings (SSSR count). The molecule has 0 saturated heterocycles. The van der Waals surface area contributed by atoms with Gasteiger partial charge in [-0.05, 0) is 30.5 Å². The largest absolute Gasteiger partial charge is 0.473 e. The van der Waals surface area contributed by atoms with Gasteiger partial charge in [-0.2, -0.15) is 0 Å². The van der Waals surface area contributed by atoms with Gasteiger partial charge in [-0.1, -0.05) is 18.2 Å². The Morgan fingerprint density at radius 2 is 2.05 bits per heavy atom. The summed E-state index contributed by atoms with van der Waals surface area (Å²) in [4.78, 5) is 25.3. The Balaban J connectivity index is 2.18. The van der Waals surface area contributed by atoms with Crippen LogP contribution in [0.3, 0.4) is 0 Å². The molecule has 2 aromatic rings. The van der Waals surface area contributed by atoms with Crippen LogP contribution in [-0.2, 0) is 16.1 Å². The van der Waals surface area contributed by atoms with Gasteiger partial charge < -0.3 is 9.84 Å². The smallest absolute Gasteiger partial charge is 0.425 e. The lowest BCUT2D eigenvalue weighted by atomic mass is 10.1. The number of imidazole rings is 1. The lowest BCUT2D eigenvalue weighted by Gasteiger charge is -2.08. The van der Waals surface area contributed by atoms with Gasteiger partial charge in [-0.15, -0.1) is 0 Å². The predicted octanol–water partition coefficient (Wildman–Crippen LogP) is 1.54. The van der Waals surface area contributed by atoms with Gasteiger partial charge >= 0.3 is 17.9 Å². The van der Waals surface area contributed by atoms with Gasteiger partial charge in [-0.25, -0.2) is 14.6 Å². The van der Waals surface area contributed by atoms with Crippen LogP contribution < -0.4 is 4.74 Å². The molecule has 0 atom stereocenters. The Bertz CT molecular complexity index is 661. The lowest BCUT2D eigenvalue weighted by Crippen LogP contribution is -2.21. The molecule has 0 saturated carbocycles. The summed E-state index contributed by atoms with van der Waals surface area (Å²) in [6.45, 7) is 4.48. The average Bonchev–Trinajstić information content (AvgIpc) is 2.81. The highest BCUT2D eigenvalue weighted by Gasteiger charge is 2.17. The zero-order valence-electron chi connectivity index (χ0n) is 11.2. The number of benzene rings is 1. The maximum atomic E-state index is 11.0. The first-order valence-electron chi connectivity index (χ1n) is 5.99. The van der Waals surface area contributed by atoms with Crippen molar-refractivity contribution in [1.82, 2.24) is 9.55 Å². The van der Waals surface area contributed by atoms with Gasteiger partial charge in [0.1, 0.15) is 0 Å². The minimum Gasteiger partial charge on any atom is -0.473 e. The minimum atomic E-state index is -1.65. The molecule has 1 aromatic carbocycles. The van der Waals surface area contributed by atoms with E-state index in [1.807, 2.05) is 32.0 Å². The highest BCUT2D eigenvalue weighted by molar-refractivity contribution is 6.29. The number of hydrogen-bond acceptors (Lipinski definition) is 4. The molecule has 0 unspecified atom stereocenters. The van der Waals surface area contributed by atoms with Crippen LogP contribution >= 0.6 is 0 Å². The Morgan fingerprint density at radius 3 is 2.70 bits per heavy atom. The van der Waals surface area contributed by atoms with Crippen molar-refractivity contribution in [2.24, 2.45) is 0 Å². The van der Waals surface area contributed by atoms with E-state index in [4.69, 9.17) is 5.11 Å². The van der Waals surface area contributed by atoms with E-state index in [1.165, 1.54) is 11.8 Å². The van der Waals surface area contributed by atoms with Gasteiger partial charge in [0.05, 0.1) is 6.54 Å². The zero-order chi connectivity index (χ0) is 14.7. The quantitative estimate of drug-likeness (QED) is 0.678. The van der Waals surface area contributed by atoms with Crippen molar-refractivity contribution in [2.75, 3.05) is 0 Å². The number of nitrogens with zero attached hydrogens (tertiary/aromatic N) is 2. The van der Waals surface area contributed by atoms with Crippen molar-refractivity contribution in [3.05, 3.63) is 47.3 Å². The molecule has 0 bridgehead atoms. The molecule has 104 valence electrons. The van der Waals surface area contributed by atoms with Crippen LogP contribution in [-0.4, -0.2) is 26.6 Å². The monoisotopic (exact) mass is 274 g/mol. The molecule has 1 N–H and O–H groups in total. The second-order valence-electron chi connectivity index (χ2n) is 4.45. The first kappa shape index (κ1) is 13.8. The molecule has 0 amide bonds. The summed E-state index contributed by atoms with van der Waals surface area (Å²) >= 11 is 0. The number of aromatic nitrogens is 2. The van der Waals surface area contributed by atoms with E-state index in [-0.39, 0.29) is 6.01 Å². The second-order valence-corrected chi connectivity index (χ2v) is 4.45. The first-order valence-corrected chi connectivity index (χ1v) is 5.99. The first-order chi connectivity index (χ1) is 9.47. The van der Waals surface area contributed by atoms with Gasteiger partial charge in [0.2, 0.25) is 0 Å². The number of aryl methyl sites for hydroxylation is 2. The Morgan fingerprint density at radius 1 is 1.30 bits per heavy atom. The van der Waals surface area contributed by atoms with Crippen LogP contribution in [0.2, 0.25) is 0 Å². The summed E-state index contributed by atoms with van der Waals surface area (Å²) in [6.07, 6.45) is 3.07. The third kappa shape index (κ3) is 3.03. The fraction of sp³-hybridized carbons (Fsp3) is 0.214. The predicted molar refractivity (Wildman–Crippen MR) is 70.5 cm³/mol. The summed E-state index contributed by atoms with van der Waals surface area (Å²) in [7, 11) is 0. The third-order valence-electron chi connectivity index (χ3n) is 2.96. The molecule has 20 heavy (non-hydrogen) atoms. The molecule has 0 aliphatic heterocycles. The van der Waals surface area contributed by atoms with Crippen LogP contribution in [0.5, 0.6) is 6.01 Å². The fourth-order valence-corrected chi connectivity index (χ4v) is 1.75. The van der Waals surface area contributed by atoms with Crippen molar-refractivity contribution >= 4 is 11.9 Å². The number of rotatable bonds is 3. The van der Waals surface area contributed by atoms with Crippen molar-refractivity contribution in [3.63, 3.8) is 0 Å². The molecule has 1 heterocycles. The van der Waals surface area contributed by atoms with E-state index >= 15 is 0 Å². The molecular weight excluding hydrogens is 260 g/mol. The number of ether oxygens (including phenoxy) is 1. The van der Waals surface area contributed by atoms with Gasteiger partial charge in [0.25, 0.3) is 0 Å². The molecule has 0 aliphatic carbocycles. The standard InChI is InChI=1S/C14H14N2O4/c1-9-3-4-11(7-10(9)2)8-16-6-5-15-14(16)20-13(19)12(17)18/h3-7H,8H2,1-2H3,(H,17,18). The molecule has 0 radical (unpaired) electrons. The van der Waals surface area contributed by atoms with Crippen LogP contribution in [0, 0.1) is 13.8 Å². The van der Waals surface area contributed by atoms with Gasteiger partial charge in [0, 0.05) is 12.4 Å². The number of esters is 1. The molecule has 0 spiro atoms. The average molecular weight is 274 g/mol. The summed E-state index contributed by atoms with van der Waals surface area (Å²) in [5.74, 6) is -3.00. The van der Waals surface area contributed by atoms with E-state index in [0.717, 1.165) is 11.1 Å². The molecule has 6 heteroatoms. The van der Waals surface area contributed by atoms with Crippen LogP contribution in [0.1, 0.15) is 16.7 Å². The van der Waals surface area contributed by atoms with Gasteiger partial charge in [0.15, 0.2) is 0 Å². The number of carbonyl (C=O) groups excluding carboxylic acids is 1. The van der Waals surface area contributed by atoms with E-state index < -0.39 is 11.9 Å². The number of carbonyl (C=O) groups is 2. The molecule has 6 nitrogen and oxygen atoms in total. The molecule has 1 aromatic heterocycles. The van der Waals surface area contributed by atoms with Crippen LogP contribution in [0.15, 0.2) is 30.6 Å². The Kier molecular flexibility index (Phi) is 3.84. The zero-order valence-corrected chi connectivity index (χ0v) is 11.2. The molecule has 0 fully saturated rings. The van der Waals surface area contributed by atoms with Gasteiger partial charge in [-0.3, -0.25) is 4.57 Å². The van der Waals surface area contributed by atoms with E-state index in [9.17, 15) is 9.59 Å². The highest BCUT2D eigenvalue weighted by Crippen LogP contribution is 2.15. The molecule has 0 aliphatic rings. The Hall–Kier alpha value is -2.63. The van der Waals surface area contributed by atoms with E-state index in [2.05, 4.69) is 9.72 Å². The number of carboxylic acid groups (broad SMARTS) is 1. The number of hydrogen-bond donors (Lipinski definition) is 1. The topological polar surface area (TPSA) is 81.4 Å². The van der Waals surface area contributed by atoms with Crippen molar-refractivity contribution in [1.29, 1.82) is 0 Å². The summed E-state index contributed by atoms with van der Waals surface area (Å²) in [5, 5.41) is 8.52. The van der Waals surface area contributed by atoms with E-state index in [1.54, 1.807) is 10.8 Å². The highest BCUT2D eigenvalue weighted by atomic mass is 16.6. The Labute approximate surface area is 115 Å². The minimum absolute atomic E-state index is 0.0318. The number of aliphatic carboxylic acids is 1. The van der Waals surface area contributed by atoms with Crippen molar-refractivity contribution in [3.8, 4) is 6.01 Å². The normalized spacial score (nSPS) is 10.3. The second kappa shape index (κ2) is 5.56. The lowest BCUT2D eigenvalue weighted by molar-refractivity contribution is -0.158. The SMILES string of the molecule is Cc1ccc(Cn2ccnc2OC(=O)C(=O)O)cc1C. The maximum absolute atomic E-state index is 11.0. The summed E-state index contributed by atoms with van der Waals surface area (Å²) in [5.41, 5.74) is 3.36. The summed E-state index contributed by atoms with van der Waals surface area (Å²) < 4.78 is 6.26. The van der Waals surface area contributed by atoms with Crippen LogP contribution in [0.25, 0.3) is 0 Å². The fourth-order valence-electron chi connectivity index (χ4n) is 1.75. The van der Waals surface area contributed by atoms with Crippen molar-refractivity contribution < 1.29 is 19.4 Å². The van der Waals surface area contributed by atoms with E-state index in [0.29, 0.717) is 6.54 Å². The third-order valence-corrected chi connectivity index (χ3v) is 2.96. The maximum Gasteiger partial charge on any atom is 0.425 e. The summed E-state index contributed by atoms with van der Waals surface area (Å²) in [6, 6.07) is 5.96. The molecular formula is C14H14N2O4.